The molecule has 2 N–H and O–H groups in total. The summed E-state index contributed by atoms with van der Waals surface area (Å²) < 4.78 is 1.71. The van der Waals surface area contributed by atoms with Crippen molar-refractivity contribution in [3.05, 3.63) is 68.8 Å². The molecule has 8 heteroatoms. The highest BCUT2D eigenvalue weighted by atomic mass is 35.5. The van der Waals surface area contributed by atoms with Crippen molar-refractivity contribution < 1.29 is 4.79 Å². The van der Waals surface area contributed by atoms with Crippen LogP contribution in [0.25, 0.3) is 16.9 Å². The van der Waals surface area contributed by atoms with Crippen molar-refractivity contribution >= 4 is 40.7 Å². The first-order chi connectivity index (χ1) is 17.9. The standard InChI is InChI=1S/C29H31Cl3N4O/c1-16-26(29(37)34-8-7-33-27-20-10-17-9-18(12-20)13-21(27)11-17)35-36(25-6-5-23(31)15-24(25)32)28(16)19-3-2-4-22(30)14-19/h2-6,14-15,17-18,20-21,27,33H,7-13H2,1H3,(H,34,37). The average Bonchev–Trinajstić information content (AvgIpc) is 3.19. The number of carbonyl (C=O) groups is 1. The monoisotopic (exact) mass is 556 g/mol. The Morgan fingerprint density at radius 2 is 1.65 bits per heavy atom. The van der Waals surface area contributed by atoms with Gasteiger partial charge < -0.3 is 10.6 Å². The molecule has 4 aliphatic rings. The minimum Gasteiger partial charge on any atom is -0.349 e. The molecule has 0 aliphatic heterocycles. The first-order valence-corrected chi connectivity index (χ1v) is 14.3. The van der Waals surface area contributed by atoms with E-state index in [1.807, 2.05) is 37.3 Å². The number of amides is 1. The number of nitrogens with one attached hydrogen (secondary N) is 2. The molecule has 0 atom stereocenters. The smallest absolute Gasteiger partial charge is 0.272 e. The van der Waals surface area contributed by atoms with Gasteiger partial charge in [-0.3, -0.25) is 4.79 Å². The van der Waals surface area contributed by atoms with Crippen molar-refractivity contribution in [2.75, 3.05) is 13.1 Å². The van der Waals surface area contributed by atoms with Gasteiger partial charge in [-0.25, -0.2) is 4.68 Å². The van der Waals surface area contributed by atoms with Crippen LogP contribution in [0.4, 0.5) is 0 Å². The predicted molar refractivity (Wildman–Crippen MR) is 150 cm³/mol. The molecule has 0 saturated heterocycles. The Labute approximate surface area is 232 Å². The fraction of sp³-hybridized carbons (Fsp3) is 0.448. The molecule has 4 aliphatic carbocycles. The fourth-order valence-electron chi connectivity index (χ4n) is 7.27. The van der Waals surface area contributed by atoms with Crippen LogP contribution < -0.4 is 10.6 Å². The predicted octanol–water partition coefficient (Wildman–Crippen LogP) is 6.95. The van der Waals surface area contributed by atoms with Crippen LogP contribution in [0.5, 0.6) is 0 Å². The molecule has 4 fully saturated rings. The molecule has 4 saturated carbocycles. The summed E-state index contributed by atoms with van der Waals surface area (Å²) in [7, 11) is 0. The van der Waals surface area contributed by atoms with Crippen LogP contribution in [-0.2, 0) is 0 Å². The summed E-state index contributed by atoms with van der Waals surface area (Å²) in [5.74, 6) is 3.35. The lowest BCUT2D eigenvalue weighted by Gasteiger charge is -2.54. The lowest BCUT2D eigenvalue weighted by Crippen LogP contribution is -2.55. The van der Waals surface area contributed by atoms with E-state index in [1.54, 1.807) is 16.8 Å². The van der Waals surface area contributed by atoms with Crippen LogP contribution >= 0.6 is 34.8 Å². The second kappa shape index (κ2) is 10.3. The van der Waals surface area contributed by atoms with Crippen molar-refractivity contribution in [3.8, 4) is 16.9 Å². The van der Waals surface area contributed by atoms with Crippen molar-refractivity contribution in [2.24, 2.45) is 23.7 Å². The van der Waals surface area contributed by atoms with Crippen LogP contribution in [0, 0.1) is 30.6 Å². The molecule has 3 aromatic rings. The van der Waals surface area contributed by atoms with E-state index in [0.29, 0.717) is 39.0 Å². The Balaban J connectivity index is 1.20. The Hall–Kier alpha value is -2.05. The highest BCUT2D eigenvalue weighted by molar-refractivity contribution is 6.35. The summed E-state index contributed by atoms with van der Waals surface area (Å²) in [5, 5.41) is 13.2. The van der Waals surface area contributed by atoms with Gasteiger partial charge >= 0.3 is 0 Å². The summed E-state index contributed by atoms with van der Waals surface area (Å²) in [5.41, 5.74) is 3.40. The van der Waals surface area contributed by atoms with E-state index < -0.39 is 0 Å². The molecule has 1 amide bonds. The first-order valence-electron chi connectivity index (χ1n) is 13.2. The van der Waals surface area contributed by atoms with Gasteiger partial charge in [0.1, 0.15) is 0 Å². The van der Waals surface area contributed by atoms with Gasteiger partial charge in [-0.15, -0.1) is 0 Å². The second-order valence-corrected chi connectivity index (χ2v) is 12.3. The molecule has 1 heterocycles. The molecule has 0 radical (unpaired) electrons. The molecular weight excluding hydrogens is 527 g/mol. The SMILES string of the molecule is Cc1c(C(=O)NCCNC2C3CC4CC(C3)CC2C4)nn(-c2ccc(Cl)cc2Cl)c1-c1cccc(Cl)c1. The van der Waals surface area contributed by atoms with E-state index in [9.17, 15) is 4.79 Å². The third-order valence-corrected chi connectivity index (χ3v) is 9.36. The number of rotatable bonds is 7. The number of hydrogen-bond donors (Lipinski definition) is 2. The van der Waals surface area contributed by atoms with Crippen molar-refractivity contribution in [1.82, 2.24) is 20.4 Å². The lowest BCUT2D eigenvalue weighted by atomic mass is 9.54. The molecule has 2 aromatic carbocycles. The molecule has 37 heavy (non-hydrogen) atoms. The zero-order valence-corrected chi connectivity index (χ0v) is 23.1. The maximum atomic E-state index is 13.3. The molecule has 5 nitrogen and oxygen atoms in total. The van der Waals surface area contributed by atoms with Crippen LogP contribution in [0.2, 0.25) is 15.1 Å². The second-order valence-electron chi connectivity index (χ2n) is 11.0. The zero-order valence-electron chi connectivity index (χ0n) is 20.8. The Morgan fingerprint density at radius 1 is 0.946 bits per heavy atom. The Morgan fingerprint density at radius 3 is 2.32 bits per heavy atom. The van der Waals surface area contributed by atoms with Gasteiger partial charge in [0.2, 0.25) is 0 Å². The summed E-state index contributed by atoms with van der Waals surface area (Å²) in [6.07, 6.45) is 6.99. The van der Waals surface area contributed by atoms with Crippen LogP contribution in [0.3, 0.4) is 0 Å². The van der Waals surface area contributed by atoms with Gasteiger partial charge in [0.15, 0.2) is 5.69 Å². The van der Waals surface area contributed by atoms with Crippen LogP contribution in [0.1, 0.15) is 48.2 Å². The molecular formula is C29H31Cl3N4O. The normalized spacial score (nSPS) is 26.0. The summed E-state index contributed by atoms with van der Waals surface area (Å²) in [4.78, 5) is 13.3. The van der Waals surface area contributed by atoms with Crippen molar-refractivity contribution in [3.63, 3.8) is 0 Å². The number of carbonyl (C=O) groups excluding carboxylic acids is 1. The lowest BCUT2D eigenvalue weighted by molar-refractivity contribution is -0.0133. The average molecular weight is 558 g/mol. The quantitative estimate of drug-likeness (QED) is 0.309. The van der Waals surface area contributed by atoms with Gasteiger partial charge in [0.25, 0.3) is 5.91 Å². The first kappa shape index (κ1) is 25.2. The van der Waals surface area contributed by atoms with E-state index in [1.165, 1.54) is 32.1 Å². The maximum Gasteiger partial charge on any atom is 0.272 e. The Bertz CT molecular complexity index is 1310. The zero-order chi connectivity index (χ0) is 25.7. The van der Waals surface area contributed by atoms with E-state index in [0.717, 1.165) is 47.0 Å². The topological polar surface area (TPSA) is 59.0 Å². The molecule has 0 spiro atoms. The number of aromatic nitrogens is 2. The van der Waals surface area contributed by atoms with Gasteiger partial charge in [0, 0.05) is 40.3 Å². The summed E-state index contributed by atoms with van der Waals surface area (Å²) >= 11 is 19.0. The Kier molecular flexibility index (Phi) is 7.00. The van der Waals surface area contributed by atoms with E-state index >= 15 is 0 Å². The summed E-state index contributed by atoms with van der Waals surface area (Å²) in [6, 6.07) is 13.4. The number of nitrogens with zero attached hydrogens (tertiary/aromatic N) is 2. The maximum absolute atomic E-state index is 13.3. The third-order valence-electron chi connectivity index (χ3n) is 8.59. The summed E-state index contributed by atoms with van der Waals surface area (Å²) in [6.45, 7) is 3.23. The third kappa shape index (κ3) is 4.92. The van der Waals surface area contributed by atoms with E-state index in [-0.39, 0.29) is 5.91 Å². The van der Waals surface area contributed by atoms with Crippen molar-refractivity contribution in [1.29, 1.82) is 0 Å². The number of halogens is 3. The highest BCUT2D eigenvalue weighted by Crippen LogP contribution is 2.53. The van der Waals surface area contributed by atoms with Gasteiger partial charge in [-0.2, -0.15) is 5.10 Å². The van der Waals surface area contributed by atoms with E-state index in [2.05, 4.69) is 10.6 Å². The number of benzene rings is 2. The largest absolute Gasteiger partial charge is 0.349 e. The van der Waals surface area contributed by atoms with Crippen LogP contribution in [-0.4, -0.2) is 34.8 Å². The number of hydrogen-bond acceptors (Lipinski definition) is 3. The molecule has 0 unspecified atom stereocenters. The van der Waals surface area contributed by atoms with E-state index in [4.69, 9.17) is 39.9 Å². The highest BCUT2D eigenvalue weighted by Gasteiger charge is 2.47. The minimum absolute atomic E-state index is 0.198. The van der Waals surface area contributed by atoms with Crippen molar-refractivity contribution in [2.45, 2.75) is 45.1 Å². The molecule has 4 bridgehead atoms. The fourth-order valence-corrected chi connectivity index (χ4v) is 7.95. The molecule has 1 aromatic heterocycles. The van der Waals surface area contributed by atoms with Gasteiger partial charge in [0.05, 0.1) is 16.4 Å². The minimum atomic E-state index is -0.198. The van der Waals surface area contributed by atoms with Crippen LogP contribution in [0.15, 0.2) is 42.5 Å². The van der Waals surface area contributed by atoms with Gasteiger partial charge in [-0.1, -0.05) is 46.9 Å². The molecule has 194 valence electrons. The molecule has 7 rings (SSSR count). The van der Waals surface area contributed by atoms with Gasteiger partial charge in [-0.05, 0) is 93.0 Å².